The molecular weight excluding hydrogens is 541 g/mol. The second-order valence-corrected chi connectivity index (χ2v) is 12.0. The summed E-state index contributed by atoms with van der Waals surface area (Å²) in [5, 5.41) is -0.267. The number of carbonyl (C=O) groups is 3. The standard InChI is InChI=1S/C28H26FN3O5S2/c1-37-19-11-9-18(10-12-19)32-25(34)22-21(16-5-7-17(29)8-6-16)24-27(38-23(22)26(32)35)31(28(36)39-24)15-20(33)30-13-3-2-4-14-30/h5-12,21-23H,2-4,13-15H2,1H3/t21-,22-,23+/m0/s1. The lowest BCUT2D eigenvalue weighted by atomic mass is 9.83. The Morgan fingerprint density at radius 2 is 1.67 bits per heavy atom. The van der Waals surface area contributed by atoms with Crippen LogP contribution in [-0.2, 0) is 20.9 Å². The number of carbonyl (C=O) groups excluding carboxylic acids is 3. The largest absolute Gasteiger partial charge is 0.497 e. The predicted molar refractivity (Wildman–Crippen MR) is 146 cm³/mol. The van der Waals surface area contributed by atoms with E-state index in [1.165, 1.54) is 40.5 Å². The van der Waals surface area contributed by atoms with Crippen molar-refractivity contribution in [2.45, 2.75) is 42.0 Å². The molecule has 0 bridgehead atoms. The van der Waals surface area contributed by atoms with Gasteiger partial charge in [-0.2, -0.15) is 0 Å². The minimum atomic E-state index is -0.799. The van der Waals surface area contributed by atoms with Crippen LogP contribution >= 0.6 is 23.1 Å². The van der Waals surface area contributed by atoms with Crippen LogP contribution < -0.4 is 14.5 Å². The fourth-order valence-electron chi connectivity index (χ4n) is 5.65. The van der Waals surface area contributed by atoms with Gasteiger partial charge >= 0.3 is 4.87 Å². The Hall–Kier alpha value is -3.44. The van der Waals surface area contributed by atoms with Crippen LogP contribution in [0.4, 0.5) is 10.1 Å². The van der Waals surface area contributed by atoms with Crippen molar-refractivity contribution in [2.75, 3.05) is 25.1 Å². The third kappa shape index (κ3) is 4.47. The van der Waals surface area contributed by atoms with Crippen LogP contribution in [0, 0.1) is 11.7 Å². The third-order valence-corrected chi connectivity index (χ3v) is 10.2. The number of likely N-dealkylation sites (tertiary alicyclic amines) is 1. The van der Waals surface area contributed by atoms with Gasteiger partial charge in [-0.05, 0) is 61.2 Å². The Labute approximate surface area is 232 Å². The first-order valence-electron chi connectivity index (χ1n) is 12.8. The monoisotopic (exact) mass is 567 g/mol. The molecule has 11 heteroatoms. The molecule has 1 aromatic heterocycles. The summed E-state index contributed by atoms with van der Waals surface area (Å²) in [7, 11) is 1.54. The summed E-state index contributed by atoms with van der Waals surface area (Å²) in [6, 6.07) is 12.5. The maximum absolute atomic E-state index is 13.9. The first-order valence-corrected chi connectivity index (χ1v) is 14.5. The fourth-order valence-corrected chi connectivity index (χ4v) is 8.42. The van der Waals surface area contributed by atoms with E-state index in [0.29, 0.717) is 40.0 Å². The van der Waals surface area contributed by atoms with Crippen molar-refractivity contribution in [3.05, 3.63) is 74.5 Å². The number of aromatic nitrogens is 1. The van der Waals surface area contributed by atoms with E-state index in [0.717, 1.165) is 30.6 Å². The molecule has 8 nitrogen and oxygen atoms in total. The van der Waals surface area contributed by atoms with Gasteiger partial charge in [-0.15, -0.1) is 0 Å². The number of thiazole rings is 1. The Balaban J connectivity index is 1.42. The van der Waals surface area contributed by atoms with Crippen LogP contribution in [0.5, 0.6) is 5.75 Å². The lowest BCUT2D eigenvalue weighted by Gasteiger charge is -2.31. The number of anilines is 1. The summed E-state index contributed by atoms with van der Waals surface area (Å²) in [6.07, 6.45) is 2.95. The molecule has 0 radical (unpaired) electrons. The summed E-state index contributed by atoms with van der Waals surface area (Å²) in [6.45, 7) is 1.22. The van der Waals surface area contributed by atoms with E-state index < -0.39 is 22.9 Å². The van der Waals surface area contributed by atoms with Crippen molar-refractivity contribution in [2.24, 2.45) is 5.92 Å². The van der Waals surface area contributed by atoms with Crippen molar-refractivity contribution < 1.29 is 23.5 Å². The van der Waals surface area contributed by atoms with Gasteiger partial charge in [-0.25, -0.2) is 9.29 Å². The van der Waals surface area contributed by atoms with E-state index in [4.69, 9.17) is 4.74 Å². The number of halogens is 1. The molecule has 2 saturated heterocycles. The number of piperidine rings is 1. The molecule has 4 heterocycles. The molecule has 39 heavy (non-hydrogen) atoms. The number of imide groups is 1. The second-order valence-electron chi connectivity index (χ2n) is 9.87. The highest BCUT2D eigenvalue weighted by molar-refractivity contribution is 8.00. The van der Waals surface area contributed by atoms with E-state index in [1.54, 1.807) is 41.3 Å². The van der Waals surface area contributed by atoms with Crippen LogP contribution in [0.25, 0.3) is 0 Å². The molecule has 3 atom stereocenters. The minimum absolute atomic E-state index is 0.116. The van der Waals surface area contributed by atoms with Crippen molar-refractivity contribution in [1.82, 2.24) is 9.47 Å². The van der Waals surface area contributed by atoms with Gasteiger partial charge in [0.25, 0.3) is 0 Å². The zero-order valence-electron chi connectivity index (χ0n) is 21.2. The number of thioether (sulfide) groups is 1. The van der Waals surface area contributed by atoms with E-state index in [-0.39, 0.29) is 29.1 Å². The summed E-state index contributed by atoms with van der Waals surface area (Å²) in [5.74, 6) is -2.13. The number of hydrogen-bond acceptors (Lipinski definition) is 7. The summed E-state index contributed by atoms with van der Waals surface area (Å²) < 4.78 is 20.5. The van der Waals surface area contributed by atoms with Gasteiger partial charge in [0.05, 0.1) is 23.7 Å². The van der Waals surface area contributed by atoms with E-state index in [2.05, 4.69) is 0 Å². The fraction of sp³-hybridized carbons (Fsp3) is 0.357. The highest BCUT2D eigenvalue weighted by Gasteiger charge is 2.56. The molecule has 3 aliphatic heterocycles. The highest BCUT2D eigenvalue weighted by Crippen LogP contribution is 2.53. The topological polar surface area (TPSA) is 88.9 Å². The van der Waals surface area contributed by atoms with Gasteiger partial charge < -0.3 is 9.64 Å². The SMILES string of the molecule is COc1ccc(N2C(=O)[C@H]3[C@H](c4ccc(F)cc4)c4sc(=O)n(CC(=O)N5CCCCC5)c4S[C@H]3C2=O)cc1. The number of fused-ring (bicyclic) bond motifs is 2. The van der Waals surface area contributed by atoms with E-state index in [9.17, 15) is 23.6 Å². The lowest BCUT2D eigenvalue weighted by molar-refractivity contribution is -0.133. The second kappa shape index (κ2) is 10.3. The summed E-state index contributed by atoms with van der Waals surface area (Å²) in [5.41, 5.74) is 1.07. The number of benzene rings is 2. The van der Waals surface area contributed by atoms with Gasteiger partial charge in [0.15, 0.2) is 0 Å². The van der Waals surface area contributed by atoms with E-state index in [1.807, 2.05) is 0 Å². The van der Waals surface area contributed by atoms with Crippen LogP contribution in [0.2, 0.25) is 0 Å². The van der Waals surface area contributed by atoms with Crippen LogP contribution in [0.3, 0.4) is 0 Å². The first kappa shape index (κ1) is 25.8. The zero-order valence-corrected chi connectivity index (χ0v) is 22.8. The van der Waals surface area contributed by atoms with Crippen LogP contribution in [0.1, 0.15) is 35.6 Å². The number of methoxy groups -OCH3 is 1. The Bertz CT molecular complexity index is 1490. The molecule has 3 amide bonds. The highest BCUT2D eigenvalue weighted by atomic mass is 32.2. The number of amides is 3. The zero-order chi connectivity index (χ0) is 27.3. The molecule has 2 aromatic carbocycles. The maximum Gasteiger partial charge on any atom is 0.308 e. The van der Waals surface area contributed by atoms with Gasteiger partial charge in [0, 0.05) is 23.9 Å². The number of hydrogen-bond donors (Lipinski definition) is 0. The summed E-state index contributed by atoms with van der Waals surface area (Å²) in [4.78, 5) is 57.3. The Kier molecular flexibility index (Phi) is 6.80. The smallest absolute Gasteiger partial charge is 0.308 e. The normalized spacial score (nSPS) is 22.6. The number of nitrogens with zero attached hydrogens (tertiary/aromatic N) is 3. The lowest BCUT2D eigenvalue weighted by Crippen LogP contribution is -2.39. The third-order valence-electron chi connectivity index (χ3n) is 7.61. The van der Waals surface area contributed by atoms with Crippen molar-refractivity contribution in [3.63, 3.8) is 0 Å². The van der Waals surface area contributed by atoms with Gasteiger partial charge in [0.2, 0.25) is 17.7 Å². The predicted octanol–water partition coefficient (Wildman–Crippen LogP) is 3.87. The molecule has 3 aromatic rings. The van der Waals surface area contributed by atoms with Crippen molar-refractivity contribution >= 4 is 46.5 Å². The van der Waals surface area contributed by atoms with Crippen molar-refractivity contribution in [1.29, 1.82) is 0 Å². The van der Waals surface area contributed by atoms with Gasteiger partial charge in [-0.1, -0.05) is 35.2 Å². The quantitative estimate of drug-likeness (QED) is 0.435. The average molecular weight is 568 g/mol. The number of ether oxygens (including phenoxy) is 1. The molecule has 2 fully saturated rings. The molecule has 0 spiro atoms. The molecular formula is C28H26FN3O5S2. The van der Waals surface area contributed by atoms with Crippen LogP contribution in [0.15, 0.2) is 58.4 Å². The van der Waals surface area contributed by atoms with Gasteiger partial charge in [-0.3, -0.25) is 23.7 Å². The first-order chi connectivity index (χ1) is 18.9. The van der Waals surface area contributed by atoms with Crippen LogP contribution in [-0.4, -0.2) is 52.6 Å². The Morgan fingerprint density at radius 1 is 0.974 bits per heavy atom. The molecule has 0 unspecified atom stereocenters. The minimum Gasteiger partial charge on any atom is -0.497 e. The molecule has 6 rings (SSSR count). The average Bonchev–Trinajstić information content (AvgIpc) is 3.40. The summed E-state index contributed by atoms with van der Waals surface area (Å²) >= 11 is 2.17. The maximum atomic E-state index is 13.9. The Morgan fingerprint density at radius 3 is 2.33 bits per heavy atom. The van der Waals surface area contributed by atoms with Gasteiger partial charge in [0.1, 0.15) is 23.4 Å². The molecule has 0 N–H and O–H groups in total. The number of rotatable bonds is 5. The van der Waals surface area contributed by atoms with E-state index >= 15 is 0 Å². The molecule has 3 aliphatic rings. The molecule has 0 saturated carbocycles. The van der Waals surface area contributed by atoms with Crippen molar-refractivity contribution in [3.8, 4) is 5.75 Å². The molecule has 0 aliphatic carbocycles. The molecule has 202 valence electrons.